The molecule has 0 bridgehead atoms. The summed E-state index contributed by atoms with van der Waals surface area (Å²) in [5, 5.41) is 16.3. The summed E-state index contributed by atoms with van der Waals surface area (Å²) in [5.41, 5.74) is 9.16. The second-order valence-electron chi connectivity index (χ2n) is 11.2. The maximum Gasteiger partial charge on any atom is 0.271 e. The molecule has 1 aliphatic rings. The molecule has 0 spiro atoms. The molecule has 33 heavy (non-hydrogen) atoms. The molecule has 1 aromatic heterocycles. The molecular weight excluding hydrogens is 410 g/mol. The number of hydrogen-bond acceptors (Lipinski definition) is 3. The number of carbonyl (C=O) groups is 1. The van der Waals surface area contributed by atoms with E-state index in [9.17, 15) is 9.90 Å². The predicted octanol–water partition coefficient (Wildman–Crippen LogP) is 6.11. The normalized spacial score (nSPS) is 14.6. The van der Waals surface area contributed by atoms with Crippen molar-refractivity contribution in [1.82, 2.24) is 10.4 Å². The Kier molecular flexibility index (Phi) is 5.85. The van der Waals surface area contributed by atoms with Crippen LogP contribution in [0.2, 0.25) is 0 Å². The van der Waals surface area contributed by atoms with Crippen molar-refractivity contribution >= 4 is 23.0 Å². The predicted molar refractivity (Wildman–Crippen MR) is 136 cm³/mol. The third-order valence-electron chi connectivity index (χ3n) is 6.49. The lowest BCUT2D eigenvalue weighted by atomic mass is 9.78. The number of fused-ring (bicyclic) bond motifs is 3. The highest BCUT2D eigenvalue weighted by Crippen LogP contribution is 2.39. The van der Waals surface area contributed by atoms with Crippen molar-refractivity contribution in [3.8, 4) is 5.75 Å². The van der Waals surface area contributed by atoms with Gasteiger partial charge in [0.2, 0.25) is 0 Å². The summed E-state index contributed by atoms with van der Waals surface area (Å²) in [7, 11) is 0. The van der Waals surface area contributed by atoms with Crippen molar-refractivity contribution in [3.63, 3.8) is 0 Å². The highest BCUT2D eigenvalue weighted by Gasteiger charge is 2.26. The number of amides is 1. The Morgan fingerprint density at radius 2 is 1.64 bits per heavy atom. The Balaban J connectivity index is 1.58. The number of H-pyrrole nitrogens is 1. The lowest BCUT2D eigenvalue weighted by molar-refractivity contribution is 0.0955. The fourth-order valence-electron chi connectivity index (χ4n) is 4.65. The molecule has 4 rings (SSSR count). The number of aromatic hydroxyl groups is 1. The van der Waals surface area contributed by atoms with Crippen LogP contribution in [0.5, 0.6) is 5.75 Å². The van der Waals surface area contributed by atoms with Crippen molar-refractivity contribution in [2.75, 3.05) is 0 Å². The first-order chi connectivity index (χ1) is 15.4. The maximum absolute atomic E-state index is 12.8. The smallest absolute Gasteiger partial charge is 0.271 e. The molecule has 0 aliphatic heterocycles. The van der Waals surface area contributed by atoms with Gasteiger partial charge in [-0.15, -0.1) is 0 Å². The molecule has 5 nitrogen and oxygen atoms in total. The van der Waals surface area contributed by atoms with E-state index in [1.165, 1.54) is 24.1 Å². The molecule has 0 saturated heterocycles. The highest BCUT2D eigenvalue weighted by atomic mass is 16.3. The summed E-state index contributed by atoms with van der Waals surface area (Å²) in [5.74, 6) is 0.101. The van der Waals surface area contributed by atoms with Crippen molar-refractivity contribution in [2.24, 2.45) is 5.10 Å². The molecule has 0 atom stereocenters. The zero-order valence-corrected chi connectivity index (χ0v) is 20.6. The minimum Gasteiger partial charge on any atom is -0.507 e. The largest absolute Gasteiger partial charge is 0.507 e. The molecule has 3 N–H and O–H groups in total. The summed E-state index contributed by atoms with van der Waals surface area (Å²) in [4.78, 5) is 16.3. The number of carbonyl (C=O) groups excluding carboxylic acids is 1. The number of phenols is 1. The molecular formula is C28H35N3O2. The number of aromatic nitrogens is 1. The van der Waals surface area contributed by atoms with Crippen LogP contribution in [0.4, 0.5) is 0 Å². The molecule has 2 aromatic carbocycles. The number of nitrogens with one attached hydrogen (secondary N) is 2. The van der Waals surface area contributed by atoms with Gasteiger partial charge in [-0.3, -0.25) is 4.79 Å². The number of aryl methyl sites for hydroxylation is 2. The summed E-state index contributed by atoms with van der Waals surface area (Å²) in [6.45, 7) is 12.5. The first-order valence-electron chi connectivity index (χ1n) is 11.8. The van der Waals surface area contributed by atoms with Crippen LogP contribution in [0, 0.1) is 0 Å². The van der Waals surface area contributed by atoms with E-state index >= 15 is 0 Å². The van der Waals surface area contributed by atoms with Gasteiger partial charge in [0.25, 0.3) is 5.91 Å². The molecule has 0 unspecified atom stereocenters. The van der Waals surface area contributed by atoms with Crippen LogP contribution >= 0.6 is 0 Å². The first kappa shape index (κ1) is 23.1. The lowest BCUT2D eigenvalue weighted by Gasteiger charge is -2.27. The highest BCUT2D eigenvalue weighted by molar-refractivity contribution is 5.99. The van der Waals surface area contributed by atoms with Crippen molar-refractivity contribution in [3.05, 3.63) is 63.8 Å². The number of rotatable bonds is 3. The summed E-state index contributed by atoms with van der Waals surface area (Å²) >= 11 is 0. The topological polar surface area (TPSA) is 77.5 Å². The van der Waals surface area contributed by atoms with Gasteiger partial charge in [-0.1, -0.05) is 41.5 Å². The van der Waals surface area contributed by atoms with Crippen LogP contribution < -0.4 is 5.43 Å². The van der Waals surface area contributed by atoms with Gasteiger partial charge < -0.3 is 10.1 Å². The van der Waals surface area contributed by atoms with E-state index < -0.39 is 0 Å². The van der Waals surface area contributed by atoms with Crippen LogP contribution in [-0.4, -0.2) is 22.2 Å². The summed E-state index contributed by atoms with van der Waals surface area (Å²) in [6.07, 6.45) is 6.20. The zero-order chi connectivity index (χ0) is 24.0. The lowest BCUT2D eigenvalue weighted by Crippen LogP contribution is -2.19. The van der Waals surface area contributed by atoms with E-state index in [1.54, 1.807) is 6.21 Å². The minimum absolute atomic E-state index is 0.220. The summed E-state index contributed by atoms with van der Waals surface area (Å²) < 4.78 is 0. The van der Waals surface area contributed by atoms with E-state index in [2.05, 4.69) is 57.1 Å². The molecule has 1 amide bonds. The van der Waals surface area contributed by atoms with Gasteiger partial charge in [0, 0.05) is 33.3 Å². The number of benzene rings is 2. The maximum atomic E-state index is 12.8. The van der Waals surface area contributed by atoms with Crippen molar-refractivity contribution < 1.29 is 9.90 Å². The summed E-state index contributed by atoms with van der Waals surface area (Å²) in [6, 6.07) is 9.68. The molecule has 0 radical (unpaired) electrons. The molecule has 0 fully saturated rings. The van der Waals surface area contributed by atoms with Gasteiger partial charge in [0.15, 0.2) is 0 Å². The fraction of sp³-hybridized carbons (Fsp3) is 0.429. The van der Waals surface area contributed by atoms with E-state index in [4.69, 9.17) is 0 Å². The Morgan fingerprint density at radius 1 is 1.00 bits per heavy atom. The second-order valence-corrected chi connectivity index (χ2v) is 11.2. The van der Waals surface area contributed by atoms with Crippen molar-refractivity contribution in [2.45, 2.75) is 78.1 Å². The Labute approximate surface area is 196 Å². The molecule has 3 aromatic rings. The van der Waals surface area contributed by atoms with E-state index in [1.807, 2.05) is 30.3 Å². The van der Waals surface area contributed by atoms with Gasteiger partial charge in [0.1, 0.15) is 5.75 Å². The molecule has 1 aliphatic carbocycles. The number of hydrogen-bond donors (Lipinski definition) is 3. The van der Waals surface area contributed by atoms with Crippen LogP contribution in [0.25, 0.3) is 10.9 Å². The van der Waals surface area contributed by atoms with Gasteiger partial charge in [-0.2, -0.15) is 5.10 Å². The molecule has 1 heterocycles. The van der Waals surface area contributed by atoms with Gasteiger partial charge in [-0.05, 0) is 78.0 Å². The molecule has 174 valence electrons. The van der Waals surface area contributed by atoms with E-state index in [-0.39, 0.29) is 16.7 Å². The average Bonchev–Trinajstić information content (AvgIpc) is 3.11. The minimum atomic E-state index is -0.232. The van der Waals surface area contributed by atoms with E-state index in [0.717, 1.165) is 40.4 Å². The van der Waals surface area contributed by atoms with Crippen molar-refractivity contribution in [1.29, 1.82) is 0 Å². The van der Waals surface area contributed by atoms with Crippen LogP contribution in [0.3, 0.4) is 0 Å². The van der Waals surface area contributed by atoms with Gasteiger partial charge in [-0.25, -0.2) is 5.43 Å². The van der Waals surface area contributed by atoms with Gasteiger partial charge in [0.05, 0.1) is 6.21 Å². The average molecular weight is 446 g/mol. The Morgan fingerprint density at radius 3 is 2.27 bits per heavy atom. The zero-order valence-electron chi connectivity index (χ0n) is 20.6. The number of aromatic amines is 1. The Hall–Kier alpha value is -3.08. The first-order valence-corrected chi connectivity index (χ1v) is 11.8. The third kappa shape index (κ3) is 4.68. The molecule has 5 heteroatoms. The SMILES string of the molecule is CC(C)(C)c1cc(/C=N\NC(=O)c2ccc3[nH]c4c(c3c2)CCCC4)cc(C(C)(C)C)c1O. The quantitative estimate of drug-likeness (QED) is 0.336. The standard InChI is InChI=1S/C28H35N3O2/c1-27(2,3)21-13-17(14-22(25(21)32)28(4,5)6)16-29-31-26(33)18-11-12-24-20(15-18)19-9-7-8-10-23(19)30-24/h11-16,30,32H,7-10H2,1-6H3,(H,31,33)/b29-16-. The number of hydrazone groups is 1. The number of phenolic OH excluding ortho intramolecular Hbond substituents is 1. The fourth-order valence-corrected chi connectivity index (χ4v) is 4.65. The Bertz CT molecular complexity index is 1200. The second kappa shape index (κ2) is 8.36. The van der Waals surface area contributed by atoms with Crippen LogP contribution in [-0.2, 0) is 23.7 Å². The van der Waals surface area contributed by atoms with Crippen LogP contribution in [0.15, 0.2) is 35.4 Å². The molecule has 0 saturated carbocycles. The third-order valence-corrected chi connectivity index (χ3v) is 6.49. The van der Waals surface area contributed by atoms with E-state index in [0.29, 0.717) is 11.3 Å². The van der Waals surface area contributed by atoms with Gasteiger partial charge >= 0.3 is 0 Å². The van der Waals surface area contributed by atoms with Crippen LogP contribution in [0.1, 0.15) is 92.7 Å². The monoisotopic (exact) mass is 445 g/mol. The number of nitrogens with zero attached hydrogens (tertiary/aromatic N) is 1.